The van der Waals surface area contributed by atoms with Crippen LogP contribution in [0.1, 0.15) is 67.3 Å². The van der Waals surface area contributed by atoms with Crippen LogP contribution < -0.4 is 11.1 Å². The summed E-state index contributed by atoms with van der Waals surface area (Å²) in [4.78, 5) is 12.4. The third-order valence-electron chi connectivity index (χ3n) is 4.35. The molecule has 1 saturated carbocycles. The van der Waals surface area contributed by atoms with E-state index in [4.69, 9.17) is 5.73 Å². The van der Waals surface area contributed by atoms with Crippen LogP contribution in [-0.2, 0) is 0 Å². The predicted molar refractivity (Wildman–Crippen MR) is 89.2 cm³/mol. The van der Waals surface area contributed by atoms with Crippen molar-refractivity contribution in [3.63, 3.8) is 0 Å². The van der Waals surface area contributed by atoms with E-state index in [2.05, 4.69) is 30.7 Å². The van der Waals surface area contributed by atoms with E-state index in [1.54, 1.807) is 0 Å². The molecule has 1 heterocycles. The minimum absolute atomic E-state index is 0. The zero-order chi connectivity index (χ0) is 14.9. The monoisotopic (exact) mass is 313 g/mol. The summed E-state index contributed by atoms with van der Waals surface area (Å²) >= 11 is 0. The lowest BCUT2D eigenvalue weighted by atomic mass is 9.91. The highest BCUT2D eigenvalue weighted by Crippen LogP contribution is 2.22. The Morgan fingerprint density at radius 2 is 1.86 bits per heavy atom. The standard InChI is InChI=1S/C16H27N3O.ClH/c1-10(2)19-11(3)9-15(12(19)4)16(20)18-14-7-5-13(17)6-8-14;/h9-10,13-14H,5-8,17H2,1-4H3,(H,18,20);1H. The first-order valence-corrected chi connectivity index (χ1v) is 7.65. The number of carbonyl (C=O) groups excluding carboxylic acids is 1. The third kappa shape index (κ3) is 4.01. The fourth-order valence-electron chi connectivity index (χ4n) is 3.33. The van der Waals surface area contributed by atoms with Gasteiger partial charge in [-0.05, 0) is 59.4 Å². The second kappa shape index (κ2) is 7.32. The van der Waals surface area contributed by atoms with Crippen molar-refractivity contribution in [3.8, 4) is 0 Å². The molecule has 1 aliphatic carbocycles. The van der Waals surface area contributed by atoms with Crippen molar-refractivity contribution in [2.45, 2.75) is 71.5 Å². The summed E-state index contributed by atoms with van der Waals surface area (Å²) in [7, 11) is 0. The Hall–Kier alpha value is -1.000. The van der Waals surface area contributed by atoms with Gasteiger partial charge in [0.1, 0.15) is 0 Å². The van der Waals surface area contributed by atoms with E-state index in [1.165, 1.54) is 0 Å². The summed E-state index contributed by atoms with van der Waals surface area (Å²) in [5, 5.41) is 3.17. The Kier molecular flexibility index (Phi) is 6.29. The first-order valence-electron chi connectivity index (χ1n) is 7.65. The van der Waals surface area contributed by atoms with E-state index in [-0.39, 0.29) is 24.4 Å². The predicted octanol–water partition coefficient (Wildman–Crippen LogP) is 3.11. The first-order chi connectivity index (χ1) is 9.40. The van der Waals surface area contributed by atoms with Gasteiger partial charge in [0, 0.05) is 29.5 Å². The van der Waals surface area contributed by atoms with Crippen molar-refractivity contribution >= 4 is 18.3 Å². The summed E-state index contributed by atoms with van der Waals surface area (Å²) in [6.45, 7) is 8.37. The van der Waals surface area contributed by atoms with Crippen LogP contribution in [-0.4, -0.2) is 22.6 Å². The number of amides is 1. The highest BCUT2D eigenvalue weighted by Gasteiger charge is 2.23. The molecular formula is C16H28ClN3O. The summed E-state index contributed by atoms with van der Waals surface area (Å²) < 4.78 is 2.21. The summed E-state index contributed by atoms with van der Waals surface area (Å²) in [6.07, 6.45) is 4.01. The van der Waals surface area contributed by atoms with Gasteiger partial charge in [-0.25, -0.2) is 0 Å². The number of rotatable bonds is 3. The van der Waals surface area contributed by atoms with Crippen LogP contribution in [0, 0.1) is 13.8 Å². The molecule has 1 aliphatic rings. The molecule has 21 heavy (non-hydrogen) atoms. The number of aromatic nitrogens is 1. The fourth-order valence-corrected chi connectivity index (χ4v) is 3.33. The van der Waals surface area contributed by atoms with Crippen molar-refractivity contribution in [3.05, 3.63) is 23.0 Å². The van der Waals surface area contributed by atoms with Crippen molar-refractivity contribution < 1.29 is 4.79 Å². The zero-order valence-corrected chi connectivity index (χ0v) is 14.3. The first kappa shape index (κ1) is 18.1. The zero-order valence-electron chi connectivity index (χ0n) is 13.5. The van der Waals surface area contributed by atoms with Crippen molar-refractivity contribution in [2.75, 3.05) is 0 Å². The van der Waals surface area contributed by atoms with Crippen LogP contribution in [0.25, 0.3) is 0 Å². The van der Waals surface area contributed by atoms with E-state index < -0.39 is 0 Å². The van der Waals surface area contributed by atoms with Crippen molar-refractivity contribution in [1.29, 1.82) is 0 Å². The lowest BCUT2D eigenvalue weighted by Crippen LogP contribution is -2.40. The van der Waals surface area contributed by atoms with Gasteiger partial charge < -0.3 is 15.6 Å². The van der Waals surface area contributed by atoms with E-state index in [1.807, 2.05) is 13.0 Å². The molecular weight excluding hydrogens is 286 g/mol. The maximum absolute atomic E-state index is 12.4. The second-order valence-electron chi connectivity index (χ2n) is 6.33. The molecule has 0 saturated heterocycles. The molecule has 0 aromatic carbocycles. The molecule has 1 aromatic heterocycles. The van der Waals surface area contributed by atoms with E-state index >= 15 is 0 Å². The average Bonchev–Trinajstić information content (AvgIpc) is 2.67. The Morgan fingerprint density at radius 3 is 2.33 bits per heavy atom. The van der Waals surface area contributed by atoms with Crippen molar-refractivity contribution in [2.24, 2.45) is 5.73 Å². The van der Waals surface area contributed by atoms with Gasteiger partial charge in [-0.15, -0.1) is 12.4 Å². The fraction of sp³-hybridized carbons (Fsp3) is 0.688. The Morgan fingerprint density at radius 1 is 1.29 bits per heavy atom. The van der Waals surface area contributed by atoms with Crippen LogP contribution >= 0.6 is 12.4 Å². The largest absolute Gasteiger partial charge is 0.349 e. The Bertz CT molecular complexity index is 488. The maximum atomic E-state index is 12.4. The van der Waals surface area contributed by atoms with Crippen LogP contribution in [0.3, 0.4) is 0 Å². The molecule has 0 unspecified atom stereocenters. The van der Waals surface area contributed by atoms with E-state index in [0.29, 0.717) is 12.1 Å². The molecule has 1 amide bonds. The normalized spacial score (nSPS) is 22.0. The maximum Gasteiger partial charge on any atom is 0.253 e. The van der Waals surface area contributed by atoms with Gasteiger partial charge in [-0.2, -0.15) is 0 Å². The molecule has 3 N–H and O–H groups in total. The molecule has 5 heteroatoms. The highest BCUT2D eigenvalue weighted by molar-refractivity contribution is 5.95. The van der Waals surface area contributed by atoms with Gasteiger partial charge >= 0.3 is 0 Å². The average molecular weight is 314 g/mol. The van der Waals surface area contributed by atoms with E-state index in [0.717, 1.165) is 42.6 Å². The number of carbonyl (C=O) groups is 1. The van der Waals surface area contributed by atoms with Crippen LogP contribution in [0.4, 0.5) is 0 Å². The molecule has 4 nitrogen and oxygen atoms in total. The molecule has 120 valence electrons. The number of aryl methyl sites for hydroxylation is 1. The lowest BCUT2D eigenvalue weighted by molar-refractivity contribution is 0.0925. The Balaban J connectivity index is 0.00000220. The van der Waals surface area contributed by atoms with Crippen LogP contribution in [0.15, 0.2) is 6.07 Å². The van der Waals surface area contributed by atoms with Gasteiger partial charge in [0.25, 0.3) is 5.91 Å². The summed E-state index contributed by atoms with van der Waals surface area (Å²) in [6, 6.07) is 2.97. The molecule has 0 bridgehead atoms. The van der Waals surface area contributed by atoms with Gasteiger partial charge in [0.05, 0.1) is 5.56 Å². The van der Waals surface area contributed by atoms with Gasteiger partial charge in [0.15, 0.2) is 0 Å². The molecule has 0 radical (unpaired) electrons. The van der Waals surface area contributed by atoms with E-state index in [9.17, 15) is 4.79 Å². The second-order valence-corrected chi connectivity index (χ2v) is 6.33. The molecule has 0 atom stereocenters. The van der Waals surface area contributed by atoms with Crippen LogP contribution in [0.5, 0.6) is 0 Å². The smallest absolute Gasteiger partial charge is 0.253 e. The van der Waals surface area contributed by atoms with Gasteiger partial charge in [0.2, 0.25) is 0 Å². The summed E-state index contributed by atoms with van der Waals surface area (Å²) in [5.41, 5.74) is 8.92. The molecule has 0 spiro atoms. The number of nitrogens with two attached hydrogens (primary N) is 1. The number of hydrogen-bond donors (Lipinski definition) is 2. The topological polar surface area (TPSA) is 60.1 Å². The van der Waals surface area contributed by atoms with Crippen molar-refractivity contribution in [1.82, 2.24) is 9.88 Å². The molecule has 1 fully saturated rings. The molecule has 1 aromatic rings. The number of halogens is 1. The third-order valence-corrected chi connectivity index (χ3v) is 4.35. The lowest BCUT2D eigenvalue weighted by Gasteiger charge is -2.26. The highest BCUT2D eigenvalue weighted by atomic mass is 35.5. The minimum Gasteiger partial charge on any atom is -0.349 e. The SMILES string of the molecule is Cc1cc(C(=O)NC2CCC(N)CC2)c(C)n1C(C)C.Cl. The number of nitrogens with one attached hydrogen (secondary N) is 1. The van der Waals surface area contributed by atoms with Gasteiger partial charge in [-0.1, -0.05) is 0 Å². The van der Waals surface area contributed by atoms with Crippen LogP contribution in [0.2, 0.25) is 0 Å². The number of nitrogens with zero attached hydrogens (tertiary/aromatic N) is 1. The quantitative estimate of drug-likeness (QED) is 0.900. The molecule has 0 aliphatic heterocycles. The van der Waals surface area contributed by atoms with Gasteiger partial charge in [-0.3, -0.25) is 4.79 Å². The Labute approximate surface area is 133 Å². The summed E-state index contributed by atoms with van der Waals surface area (Å²) in [5.74, 6) is 0.0606. The minimum atomic E-state index is 0. The molecule has 2 rings (SSSR count). The number of hydrogen-bond acceptors (Lipinski definition) is 2.